The first kappa shape index (κ1) is 20.5. The van der Waals surface area contributed by atoms with Gasteiger partial charge in [0.05, 0.1) is 34.8 Å². The van der Waals surface area contributed by atoms with Gasteiger partial charge in [0.15, 0.2) is 0 Å². The maximum atomic E-state index is 12.9. The van der Waals surface area contributed by atoms with Crippen LogP contribution in [-0.4, -0.2) is 21.6 Å². The summed E-state index contributed by atoms with van der Waals surface area (Å²) < 4.78 is 1.75. The molecule has 0 spiro atoms. The number of fused-ring (bicyclic) bond motifs is 1. The maximum Gasteiger partial charge on any atom is 0.276 e. The molecular formula is C26H21N5O2. The number of rotatable bonds is 4. The number of nitrogens with zero attached hydrogens (tertiary/aromatic N) is 4. The van der Waals surface area contributed by atoms with Crippen LogP contribution in [0.2, 0.25) is 0 Å². The summed E-state index contributed by atoms with van der Waals surface area (Å²) in [5.74, 6) is -0.889. The molecule has 33 heavy (non-hydrogen) atoms. The molecule has 2 aliphatic rings. The number of aryl methyl sites for hydroxylation is 1. The third-order valence-corrected chi connectivity index (χ3v) is 5.81. The smallest absolute Gasteiger partial charge is 0.276 e. The van der Waals surface area contributed by atoms with Crippen molar-refractivity contribution in [2.75, 3.05) is 5.32 Å². The highest BCUT2D eigenvalue weighted by Crippen LogP contribution is 2.35. The van der Waals surface area contributed by atoms with E-state index in [1.54, 1.807) is 10.9 Å². The number of allylic oxidation sites excluding steroid dienone is 3. The summed E-state index contributed by atoms with van der Waals surface area (Å²) in [5, 5.41) is 15.3. The van der Waals surface area contributed by atoms with Gasteiger partial charge < -0.3 is 5.32 Å². The number of anilines is 1. The van der Waals surface area contributed by atoms with Crippen LogP contribution >= 0.6 is 0 Å². The van der Waals surface area contributed by atoms with Gasteiger partial charge in [-0.25, -0.2) is 4.68 Å². The summed E-state index contributed by atoms with van der Waals surface area (Å²) in [4.78, 5) is 25.0. The van der Waals surface area contributed by atoms with E-state index in [4.69, 9.17) is 0 Å². The van der Waals surface area contributed by atoms with Crippen LogP contribution in [0, 0.1) is 19.8 Å². The van der Waals surface area contributed by atoms with Crippen molar-refractivity contribution < 1.29 is 9.59 Å². The number of carbonyl (C=O) groups excluding carboxylic acids is 2. The first-order valence-electron chi connectivity index (χ1n) is 10.6. The Bertz CT molecular complexity index is 1390. The lowest BCUT2D eigenvalue weighted by Crippen LogP contribution is -2.17. The molecule has 1 aliphatic carbocycles. The third kappa shape index (κ3) is 3.74. The quantitative estimate of drug-likeness (QED) is 0.612. The van der Waals surface area contributed by atoms with Crippen LogP contribution in [0.5, 0.6) is 0 Å². The van der Waals surface area contributed by atoms with E-state index < -0.39 is 5.92 Å². The molecule has 3 aromatic rings. The minimum Gasteiger partial charge on any atom is -0.322 e. The molecular weight excluding hydrogens is 414 g/mol. The second-order valence-corrected chi connectivity index (χ2v) is 7.94. The Labute approximate surface area is 190 Å². The van der Waals surface area contributed by atoms with E-state index in [2.05, 4.69) is 20.6 Å². The zero-order valence-corrected chi connectivity index (χ0v) is 18.2. The van der Waals surface area contributed by atoms with Crippen LogP contribution in [-0.2, 0) is 4.79 Å². The van der Waals surface area contributed by atoms with Gasteiger partial charge in [-0.3, -0.25) is 9.59 Å². The van der Waals surface area contributed by atoms with Crippen molar-refractivity contribution >= 4 is 23.2 Å². The number of aromatic nitrogens is 2. The molecule has 162 valence electrons. The van der Waals surface area contributed by atoms with E-state index in [0.717, 1.165) is 28.1 Å². The van der Waals surface area contributed by atoms with Crippen molar-refractivity contribution in [2.45, 2.75) is 13.8 Å². The lowest BCUT2D eigenvalue weighted by Gasteiger charge is -2.20. The van der Waals surface area contributed by atoms with E-state index in [1.165, 1.54) is 0 Å². The molecule has 1 aromatic heterocycles. The van der Waals surface area contributed by atoms with Crippen LogP contribution in [0.15, 0.2) is 94.8 Å². The minimum atomic E-state index is -0.398. The highest BCUT2D eigenvalue weighted by Gasteiger charge is 2.28. The zero-order valence-electron chi connectivity index (χ0n) is 18.2. The number of carbonyl (C=O) groups is 2. The van der Waals surface area contributed by atoms with Crippen molar-refractivity contribution in [3.05, 3.63) is 107 Å². The van der Waals surface area contributed by atoms with Crippen LogP contribution < -0.4 is 5.32 Å². The molecule has 1 N–H and O–H groups in total. The maximum absolute atomic E-state index is 12.9. The summed E-state index contributed by atoms with van der Waals surface area (Å²) in [6, 6.07) is 15.3. The molecule has 7 nitrogen and oxygen atoms in total. The van der Waals surface area contributed by atoms with Gasteiger partial charge in [0, 0.05) is 11.3 Å². The predicted octanol–water partition coefficient (Wildman–Crippen LogP) is 5.19. The molecule has 0 bridgehead atoms. The number of hydrogen-bond donors (Lipinski definition) is 1. The number of para-hydroxylation sites is 1. The number of nitrogens with one attached hydrogen (secondary N) is 1. The summed E-state index contributed by atoms with van der Waals surface area (Å²) in [6.45, 7) is 3.82. The monoisotopic (exact) mass is 435 g/mol. The Morgan fingerprint density at radius 2 is 1.85 bits per heavy atom. The summed E-state index contributed by atoms with van der Waals surface area (Å²) in [5.41, 5.74) is 6.13. The van der Waals surface area contributed by atoms with Crippen LogP contribution in [0.4, 0.5) is 5.69 Å². The van der Waals surface area contributed by atoms with E-state index >= 15 is 0 Å². The Morgan fingerprint density at radius 1 is 1.03 bits per heavy atom. The van der Waals surface area contributed by atoms with Crippen molar-refractivity contribution in [2.24, 2.45) is 16.1 Å². The van der Waals surface area contributed by atoms with Crippen molar-refractivity contribution in [1.82, 2.24) is 9.78 Å². The first-order chi connectivity index (χ1) is 16.0. The lowest BCUT2D eigenvalue weighted by atomic mass is 9.88. The summed E-state index contributed by atoms with van der Waals surface area (Å²) in [7, 11) is 0. The second kappa shape index (κ2) is 8.27. The van der Waals surface area contributed by atoms with E-state index in [-0.39, 0.29) is 11.8 Å². The van der Waals surface area contributed by atoms with E-state index in [1.807, 2.05) is 86.7 Å². The van der Waals surface area contributed by atoms with Crippen LogP contribution in [0.1, 0.15) is 27.2 Å². The standard InChI is InChI=1S/C26H21N5O2/c1-16-14-18(12-13-20(16)24-21-10-6-7-11-22(21)26(33)30-29-24)28-25(32)23-15-27-31(17(23)2)19-8-4-3-5-9-19/h3-15,22H,1-2H3,(H,28,32). The average Bonchev–Trinajstić information content (AvgIpc) is 3.22. The normalized spacial score (nSPS) is 16.8. The zero-order chi connectivity index (χ0) is 22.9. The van der Waals surface area contributed by atoms with Crippen molar-refractivity contribution in [3.63, 3.8) is 0 Å². The molecule has 5 rings (SSSR count). The molecule has 0 radical (unpaired) electrons. The SMILES string of the molecule is Cc1cc(NC(=O)c2cnn(-c3ccccc3)c2C)ccc1C1=C2C=CC=CC2C(=O)N=N1. The highest BCUT2D eigenvalue weighted by atomic mass is 16.2. The van der Waals surface area contributed by atoms with Crippen LogP contribution in [0.3, 0.4) is 0 Å². The van der Waals surface area contributed by atoms with Gasteiger partial charge in [-0.05, 0) is 49.2 Å². The van der Waals surface area contributed by atoms with Crippen molar-refractivity contribution in [3.8, 4) is 5.69 Å². The Balaban J connectivity index is 1.40. The topological polar surface area (TPSA) is 88.7 Å². The number of benzene rings is 2. The van der Waals surface area contributed by atoms with Gasteiger partial charge in [-0.15, -0.1) is 10.2 Å². The van der Waals surface area contributed by atoms with Gasteiger partial charge >= 0.3 is 0 Å². The van der Waals surface area contributed by atoms with Crippen LogP contribution in [0.25, 0.3) is 11.4 Å². The lowest BCUT2D eigenvalue weighted by molar-refractivity contribution is -0.119. The van der Waals surface area contributed by atoms with Gasteiger partial charge in [0.2, 0.25) is 0 Å². The van der Waals surface area contributed by atoms with Gasteiger partial charge in [-0.2, -0.15) is 5.10 Å². The second-order valence-electron chi connectivity index (χ2n) is 7.94. The van der Waals surface area contributed by atoms with E-state index in [9.17, 15) is 9.59 Å². The molecule has 0 saturated carbocycles. The fourth-order valence-electron chi connectivity index (χ4n) is 4.08. The first-order valence-corrected chi connectivity index (χ1v) is 10.6. The number of hydrogen-bond acceptors (Lipinski definition) is 4. The Kier molecular flexibility index (Phi) is 5.14. The predicted molar refractivity (Wildman–Crippen MR) is 126 cm³/mol. The van der Waals surface area contributed by atoms with Crippen molar-refractivity contribution in [1.29, 1.82) is 0 Å². The molecule has 2 aromatic carbocycles. The molecule has 1 unspecified atom stereocenters. The molecule has 2 heterocycles. The number of amides is 2. The molecule has 0 saturated heterocycles. The van der Waals surface area contributed by atoms with Gasteiger partial charge in [0.25, 0.3) is 11.8 Å². The summed E-state index contributed by atoms with van der Waals surface area (Å²) in [6.07, 6.45) is 9.05. The highest BCUT2D eigenvalue weighted by molar-refractivity contribution is 6.05. The largest absolute Gasteiger partial charge is 0.322 e. The summed E-state index contributed by atoms with van der Waals surface area (Å²) >= 11 is 0. The molecule has 1 aliphatic heterocycles. The van der Waals surface area contributed by atoms with Gasteiger partial charge in [-0.1, -0.05) is 48.6 Å². The fraction of sp³-hybridized carbons (Fsp3) is 0.115. The molecule has 1 atom stereocenters. The Morgan fingerprint density at radius 3 is 2.64 bits per heavy atom. The third-order valence-electron chi connectivity index (χ3n) is 5.81. The average molecular weight is 435 g/mol. The molecule has 7 heteroatoms. The molecule has 0 fully saturated rings. The minimum absolute atomic E-state index is 0.229. The molecule has 2 amide bonds. The van der Waals surface area contributed by atoms with E-state index in [0.29, 0.717) is 16.9 Å². The van der Waals surface area contributed by atoms with Gasteiger partial charge in [0.1, 0.15) is 0 Å². The number of azo groups is 1. The fourth-order valence-corrected chi connectivity index (χ4v) is 4.08. The Hall–Kier alpha value is -4.39.